The zero-order chi connectivity index (χ0) is 17.7. The fourth-order valence-corrected chi connectivity index (χ4v) is 4.79. The van der Waals surface area contributed by atoms with Crippen molar-refractivity contribution in [2.45, 2.75) is 18.9 Å². The fourth-order valence-electron chi connectivity index (χ4n) is 4.34. The first-order valence-electron chi connectivity index (χ1n) is 8.06. The highest BCUT2D eigenvalue weighted by Gasteiger charge is 2.64. The number of rotatable bonds is 4. The first-order valence-corrected chi connectivity index (χ1v) is 8.81. The molecular weight excluding hydrogens is 369 g/mol. The molecule has 0 unspecified atom stereocenters. The van der Waals surface area contributed by atoms with E-state index in [0.29, 0.717) is 22.2 Å². The molecule has 25 heavy (non-hydrogen) atoms. The zero-order valence-electron chi connectivity index (χ0n) is 13.0. The van der Waals surface area contributed by atoms with Crippen LogP contribution >= 0.6 is 23.2 Å². The van der Waals surface area contributed by atoms with E-state index < -0.39 is 30.3 Å². The predicted molar refractivity (Wildman–Crippen MR) is 89.1 cm³/mol. The third-order valence-electron chi connectivity index (χ3n) is 5.31. The van der Waals surface area contributed by atoms with Crippen molar-refractivity contribution in [1.82, 2.24) is 0 Å². The first-order chi connectivity index (χ1) is 11.9. The molecule has 4 rings (SSSR count). The molecule has 3 fully saturated rings. The molecule has 1 amide bonds. The van der Waals surface area contributed by atoms with E-state index in [9.17, 15) is 14.4 Å². The molecule has 8 heteroatoms. The van der Waals surface area contributed by atoms with Gasteiger partial charge in [0, 0.05) is 10.9 Å². The molecule has 1 aromatic carbocycles. The highest BCUT2D eigenvalue weighted by atomic mass is 35.5. The molecule has 2 aliphatic carbocycles. The minimum Gasteiger partial charge on any atom is -0.462 e. The third kappa shape index (κ3) is 2.87. The molecule has 132 valence electrons. The van der Waals surface area contributed by atoms with Gasteiger partial charge in [0.1, 0.15) is 6.10 Å². The number of carbonyl (C=O) groups is 3. The average molecular weight is 384 g/mol. The minimum absolute atomic E-state index is 0.0399. The number of hydrogen-bond donors (Lipinski definition) is 1. The van der Waals surface area contributed by atoms with Crippen LogP contribution in [0.25, 0.3) is 0 Å². The number of benzene rings is 1. The van der Waals surface area contributed by atoms with Gasteiger partial charge < -0.3 is 14.8 Å². The Balaban J connectivity index is 1.34. The summed E-state index contributed by atoms with van der Waals surface area (Å²) in [6, 6.07) is 4.66. The molecule has 3 aliphatic rings. The fraction of sp³-hybridized carbons (Fsp3) is 0.471. The number of fused-ring (bicyclic) bond motifs is 1. The molecule has 1 N–H and O–H groups in total. The summed E-state index contributed by atoms with van der Waals surface area (Å²) >= 11 is 11.8. The van der Waals surface area contributed by atoms with E-state index >= 15 is 0 Å². The molecule has 1 aliphatic heterocycles. The molecule has 0 radical (unpaired) electrons. The van der Waals surface area contributed by atoms with Crippen LogP contribution in [-0.4, -0.2) is 30.6 Å². The van der Waals surface area contributed by atoms with Gasteiger partial charge in [-0.3, -0.25) is 14.4 Å². The summed E-state index contributed by atoms with van der Waals surface area (Å²) in [5, 5.41) is 3.30. The van der Waals surface area contributed by atoms with Crippen LogP contribution < -0.4 is 5.32 Å². The molecule has 2 bridgehead atoms. The summed E-state index contributed by atoms with van der Waals surface area (Å²) in [4.78, 5) is 36.3. The summed E-state index contributed by atoms with van der Waals surface area (Å²) < 4.78 is 10.4. The molecule has 0 spiro atoms. The number of esters is 2. The smallest absolute Gasteiger partial charge is 0.310 e. The Kier molecular flexibility index (Phi) is 4.12. The van der Waals surface area contributed by atoms with E-state index in [1.54, 1.807) is 12.1 Å². The number of amides is 1. The lowest BCUT2D eigenvalue weighted by Gasteiger charge is -2.22. The highest BCUT2D eigenvalue weighted by molar-refractivity contribution is 6.36. The second-order valence-electron chi connectivity index (χ2n) is 6.70. The van der Waals surface area contributed by atoms with Crippen molar-refractivity contribution in [2.24, 2.45) is 23.7 Å². The van der Waals surface area contributed by atoms with Gasteiger partial charge in [-0.1, -0.05) is 23.2 Å². The van der Waals surface area contributed by atoms with Crippen LogP contribution in [-0.2, 0) is 23.9 Å². The number of hydrogen-bond acceptors (Lipinski definition) is 5. The van der Waals surface area contributed by atoms with E-state index in [1.165, 1.54) is 6.07 Å². The van der Waals surface area contributed by atoms with Crippen LogP contribution in [0, 0.1) is 23.7 Å². The Hall–Kier alpha value is -1.79. The molecule has 5 atom stereocenters. The Morgan fingerprint density at radius 1 is 1.28 bits per heavy atom. The monoisotopic (exact) mass is 383 g/mol. The largest absolute Gasteiger partial charge is 0.462 e. The zero-order valence-corrected chi connectivity index (χ0v) is 14.5. The average Bonchev–Trinajstić information content (AvgIpc) is 3.17. The lowest BCUT2D eigenvalue weighted by molar-refractivity contribution is -0.157. The molecule has 0 aromatic heterocycles. The van der Waals surface area contributed by atoms with E-state index in [1.807, 2.05) is 0 Å². The number of carbonyl (C=O) groups excluding carboxylic acids is 3. The highest BCUT2D eigenvalue weighted by Crippen LogP contribution is 2.57. The van der Waals surface area contributed by atoms with E-state index in [-0.39, 0.29) is 23.9 Å². The van der Waals surface area contributed by atoms with Gasteiger partial charge in [0.2, 0.25) is 0 Å². The summed E-state index contributed by atoms with van der Waals surface area (Å²) in [6.07, 6.45) is 1.48. The number of halogens is 2. The van der Waals surface area contributed by atoms with Crippen molar-refractivity contribution in [3.8, 4) is 0 Å². The SMILES string of the molecule is O=C(COC(=O)[C@@H]1[C@@H]2C[C@@H]3[C@H]1C(=O)O[C@@H]3C2)Nc1ccc(Cl)cc1Cl. The standard InChI is InChI=1S/C17H15Cl2NO5/c18-8-1-2-11(10(19)5-8)20-13(21)6-24-16(22)14-7-3-9-12(4-7)25-17(23)15(9)14/h1-2,5,7,9,12,14-15H,3-4,6H2,(H,20,21)/t7-,9+,12-,14-,15-/m1/s1. The van der Waals surface area contributed by atoms with Gasteiger partial charge in [-0.2, -0.15) is 0 Å². The Morgan fingerprint density at radius 2 is 2.08 bits per heavy atom. The second kappa shape index (κ2) is 6.18. The maximum atomic E-state index is 12.4. The normalized spacial score (nSPS) is 31.8. The van der Waals surface area contributed by atoms with Crippen LogP contribution in [0.2, 0.25) is 10.0 Å². The summed E-state index contributed by atoms with van der Waals surface area (Å²) in [5.74, 6) is -2.01. The Bertz CT molecular complexity index is 765. The van der Waals surface area contributed by atoms with Gasteiger partial charge in [-0.15, -0.1) is 0 Å². The predicted octanol–water partition coefficient (Wildman–Crippen LogP) is 2.67. The summed E-state index contributed by atoms with van der Waals surface area (Å²) in [5.41, 5.74) is 0.384. The van der Waals surface area contributed by atoms with Gasteiger partial charge in [0.05, 0.1) is 22.5 Å². The van der Waals surface area contributed by atoms with Gasteiger partial charge in [-0.05, 0) is 37.0 Å². The van der Waals surface area contributed by atoms with Crippen molar-refractivity contribution in [3.05, 3.63) is 28.2 Å². The van der Waals surface area contributed by atoms with E-state index in [0.717, 1.165) is 6.42 Å². The lowest BCUT2D eigenvalue weighted by atomic mass is 9.80. The van der Waals surface area contributed by atoms with E-state index in [4.69, 9.17) is 32.7 Å². The molecule has 1 aromatic rings. The van der Waals surface area contributed by atoms with Crippen LogP contribution in [0.4, 0.5) is 5.69 Å². The molecule has 2 saturated carbocycles. The van der Waals surface area contributed by atoms with Crippen molar-refractivity contribution in [1.29, 1.82) is 0 Å². The second-order valence-corrected chi connectivity index (χ2v) is 7.55. The number of nitrogens with one attached hydrogen (secondary N) is 1. The number of anilines is 1. The van der Waals surface area contributed by atoms with Gasteiger partial charge >= 0.3 is 11.9 Å². The van der Waals surface area contributed by atoms with Gasteiger partial charge in [0.25, 0.3) is 5.91 Å². The number of ether oxygens (including phenoxy) is 2. The molecule has 6 nitrogen and oxygen atoms in total. The van der Waals surface area contributed by atoms with Crippen LogP contribution in [0.1, 0.15) is 12.8 Å². The van der Waals surface area contributed by atoms with Crippen LogP contribution in [0.3, 0.4) is 0 Å². The molecular formula is C17H15Cl2NO5. The Morgan fingerprint density at radius 3 is 2.84 bits per heavy atom. The third-order valence-corrected chi connectivity index (χ3v) is 5.85. The molecule has 1 saturated heterocycles. The first kappa shape index (κ1) is 16.7. The van der Waals surface area contributed by atoms with Gasteiger partial charge in [0.15, 0.2) is 6.61 Å². The maximum Gasteiger partial charge on any atom is 0.310 e. The maximum absolute atomic E-state index is 12.4. The summed E-state index contributed by atoms with van der Waals surface area (Å²) in [6.45, 7) is -0.434. The van der Waals surface area contributed by atoms with Crippen LogP contribution in [0.5, 0.6) is 0 Å². The van der Waals surface area contributed by atoms with Crippen molar-refractivity contribution < 1.29 is 23.9 Å². The van der Waals surface area contributed by atoms with Crippen molar-refractivity contribution >= 4 is 46.7 Å². The summed E-state index contributed by atoms with van der Waals surface area (Å²) in [7, 11) is 0. The Labute approximate surface area is 153 Å². The quantitative estimate of drug-likeness (QED) is 0.808. The van der Waals surface area contributed by atoms with E-state index in [2.05, 4.69) is 5.32 Å². The van der Waals surface area contributed by atoms with Crippen molar-refractivity contribution in [3.63, 3.8) is 0 Å². The lowest BCUT2D eigenvalue weighted by Crippen LogP contribution is -2.34. The minimum atomic E-state index is -0.507. The topological polar surface area (TPSA) is 81.7 Å². The van der Waals surface area contributed by atoms with Gasteiger partial charge in [-0.25, -0.2) is 0 Å². The molecule has 1 heterocycles. The van der Waals surface area contributed by atoms with Crippen molar-refractivity contribution in [2.75, 3.05) is 11.9 Å². The van der Waals surface area contributed by atoms with Crippen LogP contribution in [0.15, 0.2) is 18.2 Å².